The Bertz CT molecular complexity index is 352. The molecule has 1 unspecified atom stereocenters. The molecular weight excluding hydrogens is 202 g/mol. The summed E-state index contributed by atoms with van der Waals surface area (Å²) in [6.07, 6.45) is 0. The summed E-state index contributed by atoms with van der Waals surface area (Å²) in [6, 6.07) is 4.07. The molecule has 0 aliphatic heterocycles. The van der Waals surface area contributed by atoms with Gasteiger partial charge in [0.05, 0.1) is 7.11 Å². The quantitative estimate of drug-likeness (QED) is 0.696. The van der Waals surface area contributed by atoms with Gasteiger partial charge in [-0.3, -0.25) is 0 Å². The molecule has 0 aliphatic carbocycles. The Kier molecular flexibility index (Phi) is 4.58. The highest BCUT2D eigenvalue weighted by molar-refractivity contribution is 5.57. The Hall–Kier alpha value is -1.26. The van der Waals surface area contributed by atoms with Gasteiger partial charge in [0, 0.05) is 24.8 Å². The van der Waals surface area contributed by atoms with E-state index in [0.717, 1.165) is 22.6 Å². The molecule has 4 nitrogen and oxygen atoms in total. The zero-order valence-electron chi connectivity index (χ0n) is 10.2. The lowest BCUT2D eigenvalue weighted by Crippen LogP contribution is -2.36. The van der Waals surface area contributed by atoms with Crippen molar-refractivity contribution in [3.63, 3.8) is 0 Å². The maximum atomic E-state index is 5.75. The summed E-state index contributed by atoms with van der Waals surface area (Å²) in [6.45, 7) is 5.23. The first-order chi connectivity index (χ1) is 7.58. The van der Waals surface area contributed by atoms with Crippen molar-refractivity contribution >= 4 is 5.69 Å². The van der Waals surface area contributed by atoms with Crippen LogP contribution in [0.5, 0.6) is 5.75 Å². The average Bonchev–Trinajstić information content (AvgIpc) is 2.29. The fraction of sp³-hybridized carbons (Fsp3) is 0.500. The van der Waals surface area contributed by atoms with E-state index in [4.69, 9.17) is 16.2 Å². The minimum Gasteiger partial charge on any atom is -0.496 e. The smallest absolute Gasteiger partial charge is 0.122 e. The minimum atomic E-state index is -0.0122. The fourth-order valence-electron chi connectivity index (χ4n) is 1.52. The number of methoxy groups -OCH3 is 1. The van der Waals surface area contributed by atoms with Crippen molar-refractivity contribution in [2.45, 2.75) is 19.9 Å². The third-order valence-corrected chi connectivity index (χ3v) is 2.60. The number of nitrogens with two attached hydrogens (primary N) is 2. The molecule has 0 saturated carbocycles. The van der Waals surface area contributed by atoms with Gasteiger partial charge >= 0.3 is 0 Å². The lowest BCUT2D eigenvalue weighted by molar-refractivity contribution is 0.411. The van der Waals surface area contributed by atoms with Crippen molar-refractivity contribution in [3.05, 3.63) is 23.3 Å². The molecule has 0 saturated heterocycles. The highest BCUT2D eigenvalue weighted by atomic mass is 16.5. The second-order valence-corrected chi connectivity index (χ2v) is 4.01. The van der Waals surface area contributed by atoms with Crippen LogP contribution in [0.4, 0.5) is 5.69 Å². The molecule has 0 radical (unpaired) electrons. The third kappa shape index (κ3) is 3.12. The van der Waals surface area contributed by atoms with Gasteiger partial charge in [0.2, 0.25) is 0 Å². The maximum Gasteiger partial charge on any atom is 0.122 e. The second-order valence-electron chi connectivity index (χ2n) is 4.01. The Morgan fingerprint density at radius 2 is 2.00 bits per heavy atom. The number of anilines is 1. The van der Waals surface area contributed by atoms with E-state index in [1.807, 2.05) is 19.9 Å². The van der Waals surface area contributed by atoms with Crippen LogP contribution in [0.2, 0.25) is 0 Å². The Morgan fingerprint density at radius 1 is 1.31 bits per heavy atom. The van der Waals surface area contributed by atoms with Crippen LogP contribution in [0.15, 0.2) is 12.1 Å². The molecule has 1 rings (SSSR count). The van der Waals surface area contributed by atoms with Crippen LogP contribution in [0, 0.1) is 13.8 Å². The molecule has 0 aliphatic rings. The van der Waals surface area contributed by atoms with Gasteiger partial charge in [-0.15, -0.1) is 0 Å². The lowest BCUT2D eigenvalue weighted by Gasteiger charge is -2.15. The highest BCUT2D eigenvalue weighted by Crippen LogP contribution is 2.25. The predicted molar refractivity (Wildman–Crippen MR) is 68.0 cm³/mol. The Morgan fingerprint density at radius 3 is 2.56 bits per heavy atom. The van der Waals surface area contributed by atoms with Crippen molar-refractivity contribution in [2.24, 2.45) is 11.5 Å². The molecule has 5 N–H and O–H groups in total. The molecular formula is C12H21N3O. The van der Waals surface area contributed by atoms with Crippen LogP contribution in [-0.2, 0) is 0 Å². The van der Waals surface area contributed by atoms with E-state index in [0.29, 0.717) is 13.1 Å². The van der Waals surface area contributed by atoms with Crippen LogP contribution in [0.25, 0.3) is 0 Å². The largest absolute Gasteiger partial charge is 0.496 e. The van der Waals surface area contributed by atoms with E-state index in [-0.39, 0.29) is 6.04 Å². The van der Waals surface area contributed by atoms with E-state index in [2.05, 4.69) is 11.4 Å². The number of aryl methyl sites for hydroxylation is 2. The van der Waals surface area contributed by atoms with Crippen molar-refractivity contribution in [2.75, 3.05) is 25.5 Å². The zero-order valence-corrected chi connectivity index (χ0v) is 10.2. The maximum absolute atomic E-state index is 5.75. The number of rotatable bonds is 5. The molecule has 1 aromatic rings. The molecule has 16 heavy (non-hydrogen) atoms. The predicted octanol–water partition coefficient (Wildman–Crippen LogP) is 1.01. The molecule has 0 spiro atoms. The van der Waals surface area contributed by atoms with E-state index >= 15 is 0 Å². The van der Waals surface area contributed by atoms with E-state index in [1.165, 1.54) is 0 Å². The fourth-order valence-corrected chi connectivity index (χ4v) is 1.52. The second kappa shape index (κ2) is 5.72. The topological polar surface area (TPSA) is 73.3 Å². The first-order valence-electron chi connectivity index (χ1n) is 5.43. The van der Waals surface area contributed by atoms with E-state index < -0.39 is 0 Å². The van der Waals surface area contributed by atoms with Crippen LogP contribution in [-0.4, -0.2) is 26.2 Å². The Labute approximate surface area is 97.0 Å². The summed E-state index contributed by atoms with van der Waals surface area (Å²) >= 11 is 0. The molecule has 1 aromatic carbocycles. The van der Waals surface area contributed by atoms with Gasteiger partial charge in [-0.1, -0.05) is 0 Å². The van der Waals surface area contributed by atoms with Crippen molar-refractivity contribution in [3.8, 4) is 5.75 Å². The minimum absolute atomic E-state index is 0.0122. The van der Waals surface area contributed by atoms with Gasteiger partial charge in [-0.25, -0.2) is 0 Å². The molecule has 0 aromatic heterocycles. The van der Waals surface area contributed by atoms with E-state index in [1.54, 1.807) is 7.11 Å². The lowest BCUT2D eigenvalue weighted by atomic mass is 10.1. The first-order valence-corrected chi connectivity index (χ1v) is 5.43. The summed E-state index contributed by atoms with van der Waals surface area (Å²) in [5.74, 6) is 0.908. The van der Waals surface area contributed by atoms with Crippen LogP contribution in [0.1, 0.15) is 11.1 Å². The van der Waals surface area contributed by atoms with Crippen LogP contribution < -0.4 is 21.5 Å². The van der Waals surface area contributed by atoms with Gasteiger partial charge < -0.3 is 21.5 Å². The number of ether oxygens (including phenoxy) is 1. The van der Waals surface area contributed by atoms with Gasteiger partial charge in [-0.2, -0.15) is 0 Å². The first kappa shape index (κ1) is 12.8. The Balaban J connectivity index is 2.77. The molecule has 0 amide bonds. The van der Waals surface area contributed by atoms with Crippen LogP contribution >= 0.6 is 0 Å². The summed E-state index contributed by atoms with van der Waals surface area (Å²) in [7, 11) is 1.68. The number of nitrogens with one attached hydrogen (secondary N) is 1. The monoisotopic (exact) mass is 223 g/mol. The molecule has 1 atom stereocenters. The van der Waals surface area contributed by atoms with Gasteiger partial charge in [-0.05, 0) is 37.1 Å². The highest BCUT2D eigenvalue weighted by Gasteiger charge is 2.05. The molecule has 0 heterocycles. The molecule has 90 valence electrons. The van der Waals surface area contributed by atoms with E-state index in [9.17, 15) is 0 Å². The standard InChI is InChI=1S/C12H21N3O/c1-8-5-12(16-3)9(2)4-11(8)15-7-10(14)6-13/h4-5,10,15H,6-7,13-14H2,1-3H3. The van der Waals surface area contributed by atoms with Crippen molar-refractivity contribution < 1.29 is 4.74 Å². The summed E-state index contributed by atoms with van der Waals surface area (Å²) in [4.78, 5) is 0. The summed E-state index contributed by atoms with van der Waals surface area (Å²) in [5.41, 5.74) is 14.6. The summed E-state index contributed by atoms with van der Waals surface area (Å²) in [5, 5.41) is 3.30. The molecule has 4 heteroatoms. The van der Waals surface area contributed by atoms with Gasteiger partial charge in [0.25, 0.3) is 0 Å². The normalized spacial score (nSPS) is 12.3. The zero-order chi connectivity index (χ0) is 12.1. The number of benzene rings is 1. The SMILES string of the molecule is COc1cc(C)c(NCC(N)CN)cc1C. The number of hydrogen-bond donors (Lipinski definition) is 3. The third-order valence-electron chi connectivity index (χ3n) is 2.60. The number of hydrogen-bond acceptors (Lipinski definition) is 4. The van der Waals surface area contributed by atoms with Gasteiger partial charge in [0.1, 0.15) is 5.75 Å². The van der Waals surface area contributed by atoms with Crippen molar-refractivity contribution in [1.29, 1.82) is 0 Å². The molecule has 0 fully saturated rings. The molecule has 0 bridgehead atoms. The van der Waals surface area contributed by atoms with Crippen LogP contribution in [0.3, 0.4) is 0 Å². The average molecular weight is 223 g/mol. The van der Waals surface area contributed by atoms with Crippen molar-refractivity contribution in [1.82, 2.24) is 0 Å². The summed E-state index contributed by atoms with van der Waals surface area (Å²) < 4.78 is 5.26. The van der Waals surface area contributed by atoms with Gasteiger partial charge in [0.15, 0.2) is 0 Å².